The van der Waals surface area contributed by atoms with E-state index in [0.29, 0.717) is 15.9 Å². The molecule has 140 valence electrons. The van der Waals surface area contributed by atoms with Gasteiger partial charge in [-0.15, -0.1) is 0 Å². The molecule has 1 fully saturated rings. The lowest BCUT2D eigenvalue weighted by Gasteiger charge is -2.33. The van der Waals surface area contributed by atoms with Crippen LogP contribution in [0.5, 0.6) is 5.75 Å². The molecule has 0 radical (unpaired) electrons. The third-order valence-electron chi connectivity index (χ3n) is 4.13. The van der Waals surface area contributed by atoms with Crippen molar-refractivity contribution in [1.82, 2.24) is 14.4 Å². The van der Waals surface area contributed by atoms with E-state index in [-0.39, 0.29) is 42.7 Å². The average molecular weight is 444 g/mol. The molecule has 1 aliphatic rings. The molecule has 3 rings (SSSR count). The van der Waals surface area contributed by atoms with Crippen LogP contribution in [0.4, 0.5) is 0 Å². The molecule has 26 heavy (non-hydrogen) atoms. The van der Waals surface area contributed by atoms with Crippen LogP contribution in [0.15, 0.2) is 38.2 Å². The monoisotopic (exact) mass is 443 g/mol. The quantitative estimate of drug-likeness (QED) is 0.716. The highest BCUT2D eigenvalue weighted by Crippen LogP contribution is 2.29. The lowest BCUT2D eigenvalue weighted by Crippen LogP contribution is -2.50. The summed E-state index contributed by atoms with van der Waals surface area (Å²) >= 11 is 3.30. The summed E-state index contributed by atoms with van der Waals surface area (Å²) in [4.78, 5) is 14.1. The lowest BCUT2D eigenvalue weighted by atomic mass is 10.3. The first kappa shape index (κ1) is 18.9. The van der Waals surface area contributed by atoms with E-state index >= 15 is 0 Å². The SMILES string of the molecule is COc1ccc(S(=O)(=O)N2CCN(C(=O)c3cc(C)no3)CC2)cc1Br. The highest BCUT2D eigenvalue weighted by molar-refractivity contribution is 9.10. The molecule has 1 amide bonds. The van der Waals surface area contributed by atoms with E-state index in [1.165, 1.54) is 23.5 Å². The molecule has 10 heteroatoms. The number of aromatic nitrogens is 1. The van der Waals surface area contributed by atoms with Crippen LogP contribution in [0.1, 0.15) is 16.2 Å². The van der Waals surface area contributed by atoms with E-state index in [1.807, 2.05) is 0 Å². The van der Waals surface area contributed by atoms with Crippen LogP contribution in [0.3, 0.4) is 0 Å². The van der Waals surface area contributed by atoms with Crippen LogP contribution in [0.2, 0.25) is 0 Å². The number of carbonyl (C=O) groups is 1. The van der Waals surface area contributed by atoms with E-state index in [2.05, 4.69) is 21.1 Å². The first-order valence-electron chi connectivity index (χ1n) is 7.89. The number of aryl methyl sites for hydroxylation is 1. The highest BCUT2D eigenvalue weighted by Gasteiger charge is 2.31. The summed E-state index contributed by atoms with van der Waals surface area (Å²) in [6.45, 7) is 2.73. The van der Waals surface area contributed by atoms with Crippen molar-refractivity contribution in [2.45, 2.75) is 11.8 Å². The summed E-state index contributed by atoms with van der Waals surface area (Å²) in [5, 5.41) is 3.71. The molecule has 0 spiro atoms. The molecular formula is C16H18BrN3O5S. The zero-order chi connectivity index (χ0) is 18.9. The van der Waals surface area contributed by atoms with Crippen molar-refractivity contribution in [1.29, 1.82) is 0 Å². The van der Waals surface area contributed by atoms with Gasteiger partial charge < -0.3 is 14.2 Å². The van der Waals surface area contributed by atoms with Gasteiger partial charge in [0, 0.05) is 32.2 Å². The van der Waals surface area contributed by atoms with Gasteiger partial charge in [0.15, 0.2) is 0 Å². The Morgan fingerprint density at radius 2 is 1.92 bits per heavy atom. The lowest BCUT2D eigenvalue weighted by molar-refractivity contribution is 0.0656. The topological polar surface area (TPSA) is 93.0 Å². The molecule has 2 aromatic rings. The van der Waals surface area contributed by atoms with Crippen LogP contribution in [-0.4, -0.2) is 62.0 Å². The van der Waals surface area contributed by atoms with Crippen LogP contribution < -0.4 is 4.74 Å². The van der Waals surface area contributed by atoms with Crippen molar-refractivity contribution in [3.8, 4) is 5.75 Å². The largest absolute Gasteiger partial charge is 0.496 e. The molecule has 0 saturated carbocycles. The number of piperazine rings is 1. The molecule has 0 N–H and O–H groups in total. The van der Waals surface area contributed by atoms with E-state index in [9.17, 15) is 13.2 Å². The molecule has 2 heterocycles. The third-order valence-corrected chi connectivity index (χ3v) is 6.64. The fourth-order valence-electron chi connectivity index (χ4n) is 2.71. The second-order valence-electron chi connectivity index (χ2n) is 5.83. The molecule has 8 nitrogen and oxygen atoms in total. The molecule has 1 saturated heterocycles. The molecular weight excluding hydrogens is 426 g/mol. The van der Waals surface area contributed by atoms with Gasteiger partial charge in [-0.1, -0.05) is 5.16 Å². The number of hydrogen-bond donors (Lipinski definition) is 0. The van der Waals surface area contributed by atoms with E-state index < -0.39 is 10.0 Å². The Balaban J connectivity index is 1.70. The summed E-state index contributed by atoms with van der Waals surface area (Å²) in [7, 11) is -2.13. The van der Waals surface area contributed by atoms with Gasteiger partial charge in [0.1, 0.15) is 5.75 Å². The summed E-state index contributed by atoms with van der Waals surface area (Å²) in [6.07, 6.45) is 0. The predicted octanol–water partition coefficient (Wildman–Crippen LogP) is 1.90. The molecule has 1 aromatic heterocycles. The zero-order valence-electron chi connectivity index (χ0n) is 14.3. The van der Waals surface area contributed by atoms with Crippen LogP contribution in [0.25, 0.3) is 0 Å². The van der Waals surface area contributed by atoms with Crippen molar-refractivity contribution >= 4 is 31.9 Å². The van der Waals surface area contributed by atoms with Gasteiger partial charge in [-0.2, -0.15) is 4.31 Å². The second-order valence-corrected chi connectivity index (χ2v) is 8.62. The molecule has 0 atom stereocenters. The number of methoxy groups -OCH3 is 1. The Labute approximate surface area is 159 Å². The maximum atomic E-state index is 12.8. The maximum Gasteiger partial charge on any atom is 0.292 e. The van der Waals surface area contributed by atoms with Crippen LogP contribution in [0, 0.1) is 6.92 Å². The number of rotatable bonds is 4. The fourth-order valence-corrected chi connectivity index (χ4v) is 4.85. The molecule has 0 unspecified atom stereocenters. The Morgan fingerprint density at radius 3 is 2.46 bits per heavy atom. The first-order valence-corrected chi connectivity index (χ1v) is 10.1. The van der Waals surface area contributed by atoms with Crippen molar-refractivity contribution in [2.75, 3.05) is 33.3 Å². The average Bonchev–Trinajstić information content (AvgIpc) is 3.07. The molecule has 0 aliphatic carbocycles. The number of ether oxygens (including phenoxy) is 1. The fraction of sp³-hybridized carbons (Fsp3) is 0.375. The minimum atomic E-state index is -3.65. The number of halogens is 1. The van der Waals surface area contributed by atoms with Gasteiger partial charge in [-0.05, 0) is 41.1 Å². The smallest absolute Gasteiger partial charge is 0.292 e. The first-order chi connectivity index (χ1) is 12.3. The van der Waals surface area contributed by atoms with Gasteiger partial charge >= 0.3 is 0 Å². The van der Waals surface area contributed by atoms with E-state index in [0.717, 1.165) is 0 Å². The number of carbonyl (C=O) groups excluding carboxylic acids is 1. The zero-order valence-corrected chi connectivity index (χ0v) is 16.7. The highest BCUT2D eigenvalue weighted by atomic mass is 79.9. The van der Waals surface area contributed by atoms with Gasteiger partial charge in [0.2, 0.25) is 15.8 Å². The van der Waals surface area contributed by atoms with Gasteiger partial charge in [-0.25, -0.2) is 8.42 Å². The van der Waals surface area contributed by atoms with Crippen LogP contribution >= 0.6 is 15.9 Å². The van der Waals surface area contributed by atoms with Crippen molar-refractivity contribution < 1.29 is 22.5 Å². The number of benzene rings is 1. The summed E-state index contributed by atoms with van der Waals surface area (Å²) in [6, 6.07) is 6.19. The number of nitrogens with zero attached hydrogens (tertiary/aromatic N) is 3. The Hall–Kier alpha value is -1.91. The Bertz CT molecular complexity index is 920. The molecule has 1 aliphatic heterocycles. The Morgan fingerprint density at radius 1 is 1.23 bits per heavy atom. The van der Waals surface area contributed by atoms with Crippen molar-refractivity contribution in [3.63, 3.8) is 0 Å². The van der Waals surface area contributed by atoms with E-state index in [4.69, 9.17) is 9.26 Å². The third kappa shape index (κ3) is 3.62. The minimum Gasteiger partial charge on any atom is -0.496 e. The molecule has 1 aromatic carbocycles. The van der Waals surface area contributed by atoms with E-state index in [1.54, 1.807) is 24.0 Å². The second kappa shape index (κ2) is 7.37. The molecule has 0 bridgehead atoms. The number of amides is 1. The maximum absolute atomic E-state index is 12.8. The normalized spacial score (nSPS) is 15.9. The van der Waals surface area contributed by atoms with Gasteiger partial charge in [0.05, 0.1) is 22.2 Å². The summed E-state index contributed by atoms with van der Waals surface area (Å²) in [5.74, 6) is 0.439. The number of hydrogen-bond acceptors (Lipinski definition) is 6. The summed E-state index contributed by atoms with van der Waals surface area (Å²) in [5.41, 5.74) is 0.625. The van der Waals surface area contributed by atoms with Gasteiger partial charge in [-0.3, -0.25) is 4.79 Å². The Kier molecular flexibility index (Phi) is 5.35. The predicted molar refractivity (Wildman–Crippen MR) is 96.6 cm³/mol. The van der Waals surface area contributed by atoms with Crippen LogP contribution in [-0.2, 0) is 10.0 Å². The minimum absolute atomic E-state index is 0.165. The standard InChI is InChI=1S/C16H18BrN3O5S/c1-11-9-15(25-18-11)16(21)19-5-7-20(8-6-19)26(22,23)12-3-4-14(24-2)13(17)10-12/h3-4,9-10H,5-8H2,1-2H3. The van der Waals surface area contributed by atoms with Gasteiger partial charge in [0.25, 0.3) is 5.91 Å². The number of sulfonamides is 1. The summed E-state index contributed by atoms with van der Waals surface area (Å²) < 4.78 is 37.7. The van der Waals surface area contributed by atoms with Crippen molar-refractivity contribution in [3.05, 3.63) is 40.2 Å². The van der Waals surface area contributed by atoms with Crippen molar-refractivity contribution in [2.24, 2.45) is 0 Å².